The first-order chi connectivity index (χ1) is 11.6. The van der Waals surface area contributed by atoms with Gasteiger partial charge in [-0.15, -0.1) is 0 Å². The molecule has 2 heterocycles. The Balaban J connectivity index is 2.34. The zero-order chi connectivity index (χ0) is 18.4. The SMILES string of the molecule is CC(C)OC[C@@]1(C(F)(F)F)c2cc(F)ccc2Nc2ncc(Cl)cc21. The van der Waals surface area contributed by atoms with Gasteiger partial charge in [-0.2, -0.15) is 13.2 Å². The molecular formula is C17H15ClF4N2O. The summed E-state index contributed by atoms with van der Waals surface area (Å²) >= 11 is 5.90. The molecule has 0 aliphatic carbocycles. The zero-order valence-corrected chi connectivity index (χ0v) is 14.2. The van der Waals surface area contributed by atoms with E-state index in [0.717, 1.165) is 12.1 Å². The molecular weight excluding hydrogens is 360 g/mol. The first kappa shape index (κ1) is 17.9. The van der Waals surface area contributed by atoms with Gasteiger partial charge in [-0.3, -0.25) is 0 Å². The van der Waals surface area contributed by atoms with Crippen molar-refractivity contribution in [2.45, 2.75) is 31.5 Å². The van der Waals surface area contributed by atoms with Crippen molar-refractivity contribution in [1.82, 2.24) is 4.98 Å². The molecule has 1 aromatic heterocycles. The second-order valence-electron chi connectivity index (χ2n) is 6.13. The van der Waals surface area contributed by atoms with Gasteiger partial charge in [0.15, 0.2) is 0 Å². The van der Waals surface area contributed by atoms with E-state index in [0.29, 0.717) is 0 Å². The number of anilines is 2. The summed E-state index contributed by atoms with van der Waals surface area (Å²) in [5.41, 5.74) is -2.88. The molecule has 0 saturated carbocycles. The van der Waals surface area contributed by atoms with Gasteiger partial charge in [0.2, 0.25) is 0 Å². The van der Waals surface area contributed by atoms with E-state index in [2.05, 4.69) is 10.3 Å². The van der Waals surface area contributed by atoms with Crippen LogP contribution in [-0.4, -0.2) is 23.9 Å². The van der Waals surface area contributed by atoms with Gasteiger partial charge in [-0.25, -0.2) is 9.37 Å². The van der Waals surface area contributed by atoms with E-state index in [1.807, 2.05) is 0 Å². The minimum Gasteiger partial charge on any atom is -0.377 e. The number of fused-ring (bicyclic) bond motifs is 2. The lowest BCUT2D eigenvalue weighted by molar-refractivity contribution is -0.195. The normalized spacial score (nSPS) is 19.4. The monoisotopic (exact) mass is 374 g/mol. The average Bonchev–Trinajstić information content (AvgIpc) is 2.51. The summed E-state index contributed by atoms with van der Waals surface area (Å²) in [4.78, 5) is 3.98. The van der Waals surface area contributed by atoms with Crippen LogP contribution in [0.3, 0.4) is 0 Å². The first-order valence-electron chi connectivity index (χ1n) is 7.56. The van der Waals surface area contributed by atoms with Crippen molar-refractivity contribution >= 4 is 23.1 Å². The molecule has 3 nitrogen and oxygen atoms in total. The van der Waals surface area contributed by atoms with Crippen LogP contribution in [0.25, 0.3) is 0 Å². The van der Waals surface area contributed by atoms with Crippen molar-refractivity contribution in [3.63, 3.8) is 0 Å². The Morgan fingerprint density at radius 1 is 1.24 bits per heavy atom. The van der Waals surface area contributed by atoms with Gasteiger partial charge in [0, 0.05) is 23.0 Å². The van der Waals surface area contributed by atoms with Gasteiger partial charge in [-0.05, 0) is 38.1 Å². The quantitative estimate of drug-likeness (QED) is 0.749. The Hall–Kier alpha value is -1.86. The standard InChI is InChI=1S/C17H15ClF4N2O/c1-9(2)25-8-16(17(20,21)22)12-6-11(19)3-4-14(12)24-15-13(16)5-10(18)7-23-15/h3-7,9H,8H2,1-2H3,(H,23,24)/t16-/m1/s1. The second-order valence-corrected chi connectivity index (χ2v) is 6.56. The topological polar surface area (TPSA) is 34.1 Å². The molecule has 134 valence electrons. The molecule has 0 spiro atoms. The molecule has 25 heavy (non-hydrogen) atoms. The first-order valence-corrected chi connectivity index (χ1v) is 7.94. The third-order valence-corrected chi connectivity index (χ3v) is 4.33. The number of hydrogen-bond donors (Lipinski definition) is 1. The molecule has 0 fully saturated rings. The summed E-state index contributed by atoms with van der Waals surface area (Å²) in [5.74, 6) is -0.745. The molecule has 2 aromatic rings. The summed E-state index contributed by atoms with van der Waals surface area (Å²) in [6, 6.07) is 4.43. The van der Waals surface area contributed by atoms with E-state index in [4.69, 9.17) is 16.3 Å². The van der Waals surface area contributed by atoms with Crippen molar-refractivity contribution in [3.05, 3.63) is 52.4 Å². The van der Waals surface area contributed by atoms with Crippen LogP contribution in [0.4, 0.5) is 29.1 Å². The number of ether oxygens (including phenoxy) is 1. The number of rotatable bonds is 3. The molecule has 1 aliphatic rings. The Kier molecular flexibility index (Phi) is 4.41. The molecule has 0 saturated heterocycles. The Labute approximate surface area is 147 Å². The Morgan fingerprint density at radius 2 is 1.96 bits per heavy atom. The summed E-state index contributed by atoms with van der Waals surface area (Å²) in [6.45, 7) is 2.56. The van der Waals surface area contributed by atoms with Gasteiger partial charge >= 0.3 is 6.18 Å². The van der Waals surface area contributed by atoms with Crippen LogP contribution in [0.15, 0.2) is 30.5 Å². The molecule has 1 atom stereocenters. The predicted octanol–water partition coefficient (Wildman–Crippen LogP) is 5.20. The van der Waals surface area contributed by atoms with Gasteiger partial charge in [-0.1, -0.05) is 11.6 Å². The summed E-state index contributed by atoms with van der Waals surface area (Å²) in [7, 11) is 0. The summed E-state index contributed by atoms with van der Waals surface area (Å²) in [6.07, 6.45) is -3.94. The Bertz CT molecular complexity index is 756. The van der Waals surface area contributed by atoms with Crippen LogP contribution in [0.1, 0.15) is 25.0 Å². The third-order valence-electron chi connectivity index (χ3n) is 4.13. The van der Waals surface area contributed by atoms with E-state index in [-0.39, 0.29) is 27.7 Å². The lowest BCUT2D eigenvalue weighted by Crippen LogP contribution is -2.50. The molecule has 8 heteroatoms. The maximum absolute atomic E-state index is 14.4. The van der Waals surface area contributed by atoms with Gasteiger partial charge < -0.3 is 10.1 Å². The largest absolute Gasteiger partial charge is 0.404 e. The number of alkyl halides is 3. The van der Waals surface area contributed by atoms with E-state index in [1.54, 1.807) is 13.8 Å². The molecule has 0 bridgehead atoms. The fourth-order valence-electron chi connectivity index (χ4n) is 2.95. The maximum atomic E-state index is 14.4. The number of pyridine rings is 1. The third kappa shape index (κ3) is 2.95. The molecule has 0 radical (unpaired) electrons. The number of benzene rings is 1. The van der Waals surface area contributed by atoms with Crippen molar-refractivity contribution < 1.29 is 22.3 Å². The number of halogens is 5. The Morgan fingerprint density at radius 3 is 2.60 bits per heavy atom. The lowest BCUT2D eigenvalue weighted by Gasteiger charge is -2.41. The summed E-state index contributed by atoms with van der Waals surface area (Å²) in [5, 5.41) is 2.87. The van der Waals surface area contributed by atoms with Gasteiger partial charge in [0.05, 0.1) is 17.7 Å². The lowest BCUT2D eigenvalue weighted by atomic mass is 9.71. The number of nitrogens with one attached hydrogen (secondary N) is 1. The fourth-order valence-corrected chi connectivity index (χ4v) is 3.11. The van der Waals surface area contributed by atoms with Crippen LogP contribution < -0.4 is 5.32 Å². The zero-order valence-electron chi connectivity index (χ0n) is 13.4. The molecule has 1 aromatic carbocycles. The van der Waals surface area contributed by atoms with Crippen LogP contribution in [0.5, 0.6) is 0 Å². The van der Waals surface area contributed by atoms with Crippen LogP contribution >= 0.6 is 11.6 Å². The molecule has 0 unspecified atom stereocenters. The van der Waals surface area contributed by atoms with E-state index < -0.39 is 30.1 Å². The maximum Gasteiger partial charge on any atom is 0.404 e. The molecule has 1 N–H and O–H groups in total. The van der Waals surface area contributed by atoms with Gasteiger partial charge in [0.25, 0.3) is 0 Å². The molecule has 1 aliphatic heterocycles. The minimum absolute atomic E-state index is 0.0215. The minimum atomic E-state index is -4.76. The number of nitrogens with zero attached hydrogens (tertiary/aromatic N) is 1. The van der Waals surface area contributed by atoms with Crippen molar-refractivity contribution in [2.24, 2.45) is 0 Å². The number of aromatic nitrogens is 1. The second kappa shape index (κ2) is 6.14. The predicted molar refractivity (Wildman–Crippen MR) is 86.9 cm³/mol. The highest BCUT2D eigenvalue weighted by atomic mass is 35.5. The van der Waals surface area contributed by atoms with Crippen molar-refractivity contribution in [1.29, 1.82) is 0 Å². The highest BCUT2D eigenvalue weighted by Crippen LogP contribution is 2.54. The van der Waals surface area contributed by atoms with Crippen LogP contribution in [0, 0.1) is 5.82 Å². The average molecular weight is 375 g/mol. The number of hydrogen-bond acceptors (Lipinski definition) is 3. The smallest absolute Gasteiger partial charge is 0.377 e. The molecule has 3 rings (SSSR count). The van der Waals surface area contributed by atoms with Crippen molar-refractivity contribution in [3.8, 4) is 0 Å². The van der Waals surface area contributed by atoms with E-state index >= 15 is 0 Å². The highest BCUT2D eigenvalue weighted by molar-refractivity contribution is 6.30. The van der Waals surface area contributed by atoms with Crippen LogP contribution in [-0.2, 0) is 10.2 Å². The summed E-state index contributed by atoms with van der Waals surface area (Å²) < 4.78 is 62.3. The highest BCUT2D eigenvalue weighted by Gasteiger charge is 2.61. The van der Waals surface area contributed by atoms with E-state index in [9.17, 15) is 17.6 Å². The van der Waals surface area contributed by atoms with Crippen LogP contribution in [0.2, 0.25) is 5.02 Å². The van der Waals surface area contributed by atoms with E-state index in [1.165, 1.54) is 18.3 Å². The molecule has 0 amide bonds. The van der Waals surface area contributed by atoms with Gasteiger partial charge in [0.1, 0.15) is 17.1 Å². The van der Waals surface area contributed by atoms with Crippen molar-refractivity contribution in [2.75, 3.05) is 11.9 Å². The fraction of sp³-hybridized carbons (Fsp3) is 0.353.